The lowest BCUT2D eigenvalue weighted by molar-refractivity contribution is 0.0408. The van der Waals surface area contributed by atoms with Gasteiger partial charge in [0.2, 0.25) is 0 Å². The molecule has 0 aliphatic heterocycles. The number of tetrazole rings is 1. The number of rotatable bonds is 4. The molecule has 2 rings (SSSR count). The van der Waals surface area contributed by atoms with Gasteiger partial charge in [-0.2, -0.15) is 9.36 Å². The van der Waals surface area contributed by atoms with E-state index in [1.807, 2.05) is 0 Å². The average Bonchev–Trinajstić information content (AvgIpc) is 2.74. The molecule has 0 spiro atoms. The maximum absolute atomic E-state index is 13.7. The van der Waals surface area contributed by atoms with Gasteiger partial charge in [0, 0.05) is 13.1 Å². The summed E-state index contributed by atoms with van der Waals surface area (Å²) in [6.07, 6.45) is 0. The van der Waals surface area contributed by atoms with Crippen LogP contribution in [0.2, 0.25) is 0 Å². The number of ether oxygens (including phenoxy) is 1. The van der Waals surface area contributed by atoms with Crippen LogP contribution in [0.1, 0.15) is 13.8 Å². The van der Waals surface area contributed by atoms with Crippen LogP contribution in [0.15, 0.2) is 16.9 Å². The number of aryl methyl sites for hydroxylation is 1. The lowest BCUT2D eigenvalue weighted by atomic mass is 10.1. The van der Waals surface area contributed by atoms with Crippen LogP contribution in [0.3, 0.4) is 0 Å². The molecule has 0 atom stereocenters. The zero-order valence-electron chi connectivity index (χ0n) is 11.9. The first kappa shape index (κ1) is 15.0. The number of nitrogens with zero attached hydrogens (tertiary/aromatic N) is 4. The molecule has 0 aliphatic carbocycles. The molecule has 0 fully saturated rings. The Morgan fingerprint density at radius 2 is 2.10 bits per heavy atom. The molecule has 1 heterocycles. The first-order valence-corrected chi connectivity index (χ1v) is 6.13. The molecule has 0 bridgehead atoms. The second-order valence-electron chi connectivity index (χ2n) is 5.16. The molecule has 0 unspecified atom stereocenters. The predicted octanol–water partition coefficient (Wildman–Crippen LogP) is -0.163. The molecule has 0 aliphatic rings. The van der Waals surface area contributed by atoms with Crippen LogP contribution in [-0.2, 0) is 7.05 Å². The molecule has 8 nitrogen and oxygen atoms in total. The Bertz CT molecular complexity index is 722. The minimum absolute atomic E-state index is 0.0309. The van der Waals surface area contributed by atoms with Gasteiger partial charge in [0.15, 0.2) is 0 Å². The highest BCUT2D eigenvalue weighted by Crippen LogP contribution is 2.29. The van der Waals surface area contributed by atoms with Gasteiger partial charge in [0.25, 0.3) is 0 Å². The summed E-state index contributed by atoms with van der Waals surface area (Å²) in [6, 6.07) is 2.28. The van der Waals surface area contributed by atoms with Gasteiger partial charge >= 0.3 is 5.69 Å². The molecule has 2 aromatic rings. The van der Waals surface area contributed by atoms with Gasteiger partial charge in [0.05, 0.1) is 12.3 Å². The molecule has 0 radical (unpaired) electrons. The lowest BCUT2D eigenvalue weighted by Crippen LogP contribution is -2.33. The minimum atomic E-state index is -0.969. The lowest BCUT2D eigenvalue weighted by Gasteiger charge is -2.25. The van der Waals surface area contributed by atoms with E-state index in [0.29, 0.717) is 0 Å². The summed E-state index contributed by atoms with van der Waals surface area (Å²) in [4.78, 5) is 11.9. The molecule has 0 amide bonds. The largest absolute Gasteiger partial charge is 0.483 e. The van der Waals surface area contributed by atoms with E-state index in [0.717, 1.165) is 15.4 Å². The molecular formula is C12H16FN5O3. The second kappa shape index (κ2) is 5.17. The van der Waals surface area contributed by atoms with Crippen LogP contribution in [0.4, 0.5) is 10.1 Å². The Hall–Kier alpha value is -2.42. The van der Waals surface area contributed by atoms with E-state index in [4.69, 9.17) is 10.5 Å². The highest BCUT2D eigenvalue weighted by atomic mass is 19.1. The molecule has 9 heteroatoms. The number of benzene rings is 1. The summed E-state index contributed by atoms with van der Waals surface area (Å²) in [5, 5.41) is 16.5. The summed E-state index contributed by atoms with van der Waals surface area (Å²) in [6.45, 7) is 2.93. The number of hydrogen-bond acceptors (Lipinski definition) is 6. The van der Waals surface area contributed by atoms with Crippen molar-refractivity contribution < 1.29 is 14.2 Å². The highest BCUT2D eigenvalue weighted by molar-refractivity contribution is 5.56. The fourth-order valence-electron chi connectivity index (χ4n) is 1.60. The number of hydrogen-bond donors (Lipinski definition) is 2. The van der Waals surface area contributed by atoms with Gasteiger partial charge in [-0.25, -0.2) is 9.18 Å². The van der Waals surface area contributed by atoms with Crippen molar-refractivity contribution in [1.29, 1.82) is 0 Å². The quantitative estimate of drug-likeness (QED) is 0.759. The number of aliphatic hydroxyl groups is 1. The number of nitrogen functional groups attached to an aromatic ring is 1. The second-order valence-corrected chi connectivity index (χ2v) is 5.16. The number of anilines is 1. The van der Waals surface area contributed by atoms with Crippen LogP contribution in [0, 0.1) is 5.82 Å². The summed E-state index contributed by atoms with van der Waals surface area (Å²) in [5.74, 6) is -0.664. The van der Waals surface area contributed by atoms with Gasteiger partial charge in [0.1, 0.15) is 22.9 Å². The summed E-state index contributed by atoms with van der Waals surface area (Å²) in [7, 11) is 1.43. The average molecular weight is 297 g/mol. The topological polar surface area (TPSA) is 108 Å². The van der Waals surface area contributed by atoms with E-state index in [1.54, 1.807) is 13.8 Å². The van der Waals surface area contributed by atoms with Gasteiger partial charge in [-0.05, 0) is 30.3 Å². The molecule has 1 aromatic heterocycles. The Kier molecular flexibility index (Phi) is 3.69. The van der Waals surface area contributed by atoms with E-state index in [1.165, 1.54) is 13.1 Å². The Morgan fingerprint density at radius 3 is 2.62 bits per heavy atom. The number of halogens is 1. The Balaban J connectivity index is 2.62. The Labute approximate surface area is 119 Å². The van der Waals surface area contributed by atoms with Crippen molar-refractivity contribution in [3.8, 4) is 11.4 Å². The normalized spacial score (nSPS) is 11.7. The van der Waals surface area contributed by atoms with E-state index in [9.17, 15) is 14.3 Å². The molecule has 21 heavy (non-hydrogen) atoms. The van der Waals surface area contributed by atoms with Crippen molar-refractivity contribution in [2.75, 3.05) is 12.3 Å². The fourth-order valence-corrected chi connectivity index (χ4v) is 1.60. The van der Waals surface area contributed by atoms with Gasteiger partial charge < -0.3 is 15.6 Å². The smallest absolute Gasteiger partial charge is 0.368 e. The van der Waals surface area contributed by atoms with Crippen LogP contribution < -0.4 is 16.2 Å². The zero-order valence-corrected chi connectivity index (χ0v) is 11.9. The highest BCUT2D eigenvalue weighted by Gasteiger charge is 2.23. The maximum Gasteiger partial charge on any atom is 0.368 e. The van der Waals surface area contributed by atoms with Gasteiger partial charge in [-0.3, -0.25) is 0 Å². The van der Waals surface area contributed by atoms with Crippen molar-refractivity contribution in [3.05, 3.63) is 28.4 Å². The SMILES string of the molecule is Cn1nnn(-c2cc(N)c(F)cc2OC(C)(C)CO)c1=O. The maximum atomic E-state index is 13.7. The molecule has 0 saturated carbocycles. The van der Waals surface area contributed by atoms with Crippen molar-refractivity contribution >= 4 is 5.69 Å². The predicted molar refractivity (Wildman–Crippen MR) is 72.8 cm³/mol. The van der Waals surface area contributed by atoms with E-state index in [-0.39, 0.29) is 23.7 Å². The number of nitrogens with two attached hydrogens (primary N) is 1. The molecule has 3 N–H and O–H groups in total. The van der Waals surface area contributed by atoms with Crippen molar-refractivity contribution in [2.45, 2.75) is 19.4 Å². The monoisotopic (exact) mass is 297 g/mol. The van der Waals surface area contributed by atoms with Crippen LogP contribution in [-0.4, -0.2) is 37.1 Å². The van der Waals surface area contributed by atoms with Crippen LogP contribution >= 0.6 is 0 Å². The third kappa shape index (κ3) is 2.87. The van der Waals surface area contributed by atoms with E-state index >= 15 is 0 Å². The standard InChI is InChI=1S/C12H16FN5O3/c1-12(2,6-19)21-10-4-7(13)8(14)5-9(10)18-11(20)17(3)15-16-18/h4-5,19H,6,14H2,1-3H3. The number of aromatic nitrogens is 4. The fraction of sp³-hybridized carbons (Fsp3) is 0.417. The molecule has 0 saturated heterocycles. The zero-order chi connectivity index (χ0) is 15.8. The summed E-state index contributed by atoms with van der Waals surface area (Å²) >= 11 is 0. The summed E-state index contributed by atoms with van der Waals surface area (Å²) < 4.78 is 21.2. The van der Waals surface area contributed by atoms with E-state index in [2.05, 4.69) is 10.4 Å². The summed E-state index contributed by atoms with van der Waals surface area (Å²) in [5.41, 5.74) is 4.02. The molecule has 1 aromatic carbocycles. The van der Waals surface area contributed by atoms with Crippen molar-refractivity contribution in [1.82, 2.24) is 19.8 Å². The number of aliphatic hydroxyl groups excluding tert-OH is 1. The first-order valence-electron chi connectivity index (χ1n) is 6.13. The van der Waals surface area contributed by atoms with Gasteiger partial charge in [-0.15, -0.1) is 0 Å². The molecule has 114 valence electrons. The first-order chi connectivity index (χ1) is 9.75. The van der Waals surface area contributed by atoms with Crippen molar-refractivity contribution in [2.24, 2.45) is 7.05 Å². The van der Waals surface area contributed by atoms with Crippen LogP contribution in [0.25, 0.3) is 5.69 Å². The minimum Gasteiger partial charge on any atom is -0.483 e. The molecular weight excluding hydrogens is 281 g/mol. The third-order valence-corrected chi connectivity index (χ3v) is 2.80. The Morgan fingerprint density at radius 1 is 1.43 bits per heavy atom. The van der Waals surface area contributed by atoms with Gasteiger partial charge in [-0.1, -0.05) is 0 Å². The van der Waals surface area contributed by atoms with E-state index < -0.39 is 17.1 Å². The van der Waals surface area contributed by atoms with Crippen molar-refractivity contribution in [3.63, 3.8) is 0 Å². The van der Waals surface area contributed by atoms with Crippen LogP contribution in [0.5, 0.6) is 5.75 Å². The third-order valence-electron chi connectivity index (χ3n) is 2.80.